The molecule has 0 saturated carbocycles. The third-order valence-corrected chi connectivity index (χ3v) is 3.57. The van der Waals surface area contributed by atoms with Gasteiger partial charge in [0.05, 0.1) is 17.9 Å². The van der Waals surface area contributed by atoms with Crippen LogP contribution in [0.4, 0.5) is 5.69 Å². The highest BCUT2D eigenvalue weighted by Gasteiger charge is 2.10. The number of rotatable bonds is 6. The summed E-state index contributed by atoms with van der Waals surface area (Å²) in [6.45, 7) is 0.517. The highest BCUT2D eigenvalue weighted by atomic mass is 32.2. The summed E-state index contributed by atoms with van der Waals surface area (Å²) >= 11 is 1.17. The predicted octanol–water partition coefficient (Wildman–Crippen LogP) is 1.58. The molecule has 0 amide bonds. The molecule has 0 bridgehead atoms. The Labute approximate surface area is 120 Å². The number of aliphatic carboxylic acids is 1. The van der Waals surface area contributed by atoms with Gasteiger partial charge in [0.2, 0.25) is 0 Å². The van der Waals surface area contributed by atoms with Crippen LogP contribution in [-0.4, -0.2) is 40.5 Å². The van der Waals surface area contributed by atoms with Gasteiger partial charge in [0.1, 0.15) is 10.9 Å². The largest absolute Gasteiger partial charge is 0.481 e. The molecule has 1 heterocycles. The summed E-state index contributed by atoms with van der Waals surface area (Å²) in [4.78, 5) is 19.6. The van der Waals surface area contributed by atoms with E-state index in [1.807, 2.05) is 6.07 Å². The summed E-state index contributed by atoms with van der Waals surface area (Å²) < 4.78 is 5.01. The number of nitrogens with zero attached hydrogens (tertiary/aromatic N) is 2. The molecule has 0 radical (unpaired) electrons. The third-order valence-electron chi connectivity index (χ3n) is 2.59. The minimum absolute atomic E-state index is 0.0510. The zero-order valence-corrected chi connectivity index (χ0v) is 11.8. The van der Waals surface area contributed by atoms with E-state index < -0.39 is 5.97 Å². The lowest BCUT2D eigenvalue weighted by molar-refractivity contribution is -0.133. The molecule has 0 aliphatic carbocycles. The van der Waals surface area contributed by atoms with Crippen LogP contribution in [0.2, 0.25) is 0 Å². The summed E-state index contributed by atoms with van der Waals surface area (Å²) in [7, 11) is 1.61. The maximum Gasteiger partial charge on any atom is 0.313 e. The quantitative estimate of drug-likeness (QED) is 0.474. The first-order valence-electron chi connectivity index (χ1n) is 6.00. The maximum absolute atomic E-state index is 10.7. The number of ether oxygens (including phenoxy) is 1. The van der Waals surface area contributed by atoms with Crippen molar-refractivity contribution in [3.8, 4) is 0 Å². The number of nitrogens with two attached hydrogens (primary N) is 1. The summed E-state index contributed by atoms with van der Waals surface area (Å²) in [5.41, 5.74) is 7.12. The van der Waals surface area contributed by atoms with Crippen molar-refractivity contribution in [2.75, 3.05) is 25.2 Å². The third kappa shape index (κ3) is 3.58. The highest BCUT2D eigenvalue weighted by molar-refractivity contribution is 8.00. The standard InChI is InChI=1S/C13H15N3O3S/c1-19-5-4-11-15-10-3-2-8(14)6-9(10)13(16-11)20-7-12(17)18/h2-3,6H,4-5,7,14H2,1H3,(H,17,18). The molecular weight excluding hydrogens is 278 g/mol. The molecule has 0 saturated heterocycles. The van der Waals surface area contributed by atoms with Gasteiger partial charge in [0.25, 0.3) is 0 Å². The normalized spacial score (nSPS) is 10.8. The van der Waals surface area contributed by atoms with Gasteiger partial charge in [-0.15, -0.1) is 0 Å². The van der Waals surface area contributed by atoms with E-state index in [-0.39, 0.29) is 5.75 Å². The number of anilines is 1. The lowest BCUT2D eigenvalue weighted by Gasteiger charge is -2.08. The molecule has 0 aliphatic heterocycles. The molecule has 2 rings (SSSR count). The van der Waals surface area contributed by atoms with E-state index in [2.05, 4.69) is 9.97 Å². The number of hydrogen-bond donors (Lipinski definition) is 2. The van der Waals surface area contributed by atoms with E-state index in [0.29, 0.717) is 29.6 Å². The number of aromatic nitrogens is 2. The Morgan fingerprint density at radius 1 is 1.45 bits per heavy atom. The zero-order valence-electron chi connectivity index (χ0n) is 11.0. The lowest BCUT2D eigenvalue weighted by Crippen LogP contribution is -2.04. The van der Waals surface area contributed by atoms with E-state index in [9.17, 15) is 4.79 Å². The first kappa shape index (κ1) is 14.5. The predicted molar refractivity (Wildman–Crippen MR) is 77.9 cm³/mol. The van der Waals surface area contributed by atoms with Crippen molar-refractivity contribution in [1.82, 2.24) is 9.97 Å². The van der Waals surface area contributed by atoms with Gasteiger partial charge in [-0.3, -0.25) is 4.79 Å². The van der Waals surface area contributed by atoms with E-state index >= 15 is 0 Å². The Hall–Kier alpha value is -1.86. The van der Waals surface area contributed by atoms with Gasteiger partial charge >= 0.3 is 5.97 Å². The molecule has 2 aromatic rings. The van der Waals surface area contributed by atoms with Crippen LogP contribution in [0.5, 0.6) is 0 Å². The van der Waals surface area contributed by atoms with E-state index in [1.165, 1.54) is 11.8 Å². The number of fused-ring (bicyclic) bond motifs is 1. The Balaban J connectivity index is 2.42. The monoisotopic (exact) mass is 293 g/mol. The van der Waals surface area contributed by atoms with E-state index in [4.69, 9.17) is 15.6 Å². The van der Waals surface area contributed by atoms with Crippen molar-refractivity contribution in [2.24, 2.45) is 0 Å². The summed E-state index contributed by atoms with van der Waals surface area (Å²) in [6.07, 6.45) is 0.581. The van der Waals surface area contributed by atoms with E-state index in [1.54, 1.807) is 19.2 Å². The van der Waals surface area contributed by atoms with Crippen molar-refractivity contribution >= 4 is 34.3 Å². The maximum atomic E-state index is 10.7. The van der Waals surface area contributed by atoms with Gasteiger partial charge in [-0.2, -0.15) is 0 Å². The van der Waals surface area contributed by atoms with Gasteiger partial charge in [-0.05, 0) is 18.2 Å². The van der Waals surface area contributed by atoms with Crippen LogP contribution in [0.3, 0.4) is 0 Å². The van der Waals surface area contributed by atoms with Crippen molar-refractivity contribution in [3.05, 3.63) is 24.0 Å². The van der Waals surface area contributed by atoms with Crippen LogP contribution in [0.1, 0.15) is 5.82 Å². The molecule has 0 spiro atoms. The Bertz CT molecular complexity index is 634. The number of hydrogen-bond acceptors (Lipinski definition) is 6. The minimum atomic E-state index is -0.885. The van der Waals surface area contributed by atoms with Crippen molar-refractivity contribution < 1.29 is 14.6 Å². The number of nitrogen functional groups attached to an aromatic ring is 1. The second-order valence-electron chi connectivity index (χ2n) is 4.15. The van der Waals surface area contributed by atoms with Crippen LogP contribution in [0.25, 0.3) is 10.9 Å². The molecule has 0 unspecified atom stereocenters. The van der Waals surface area contributed by atoms with Crippen LogP contribution >= 0.6 is 11.8 Å². The number of methoxy groups -OCH3 is 1. The van der Waals surface area contributed by atoms with Crippen molar-refractivity contribution in [3.63, 3.8) is 0 Å². The van der Waals surface area contributed by atoms with Crippen LogP contribution in [0.15, 0.2) is 23.2 Å². The molecule has 3 N–H and O–H groups in total. The second-order valence-corrected chi connectivity index (χ2v) is 5.11. The molecule has 1 aromatic heterocycles. The second kappa shape index (κ2) is 6.53. The van der Waals surface area contributed by atoms with Crippen LogP contribution in [0, 0.1) is 0 Å². The Morgan fingerprint density at radius 2 is 2.25 bits per heavy atom. The first-order chi connectivity index (χ1) is 9.60. The first-order valence-corrected chi connectivity index (χ1v) is 6.98. The number of thioether (sulfide) groups is 1. The fourth-order valence-corrected chi connectivity index (χ4v) is 2.46. The Morgan fingerprint density at radius 3 is 2.95 bits per heavy atom. The van der Waals surface area contributed by atoms with Crippen molar-refractivity contribution in [2.45, 2.75) is 11.4 Å². The SMILES string of the molecule is COCCc1nc(SCC(=O)O)c2cc(N)ccc2n1. The zero-order chi connectivity index (χ0) is 14.5. The number of carbonyl (C=O) groups is 1. The molecular formula is C13H15N3O3S. The molecule has 0 aliphatic rings. The highest BCUT2D eigenvalue weighted by Crippen LogP contribution is 2.27. The van der Waals surface area contributed by atoms with Crippen LogP contribution < -0.4 is 5.73 Å². The van der Waals surface area contributed by atoms with Gasteiger partial charge in [0, 0.05) is 24.6 Å². The molecule has 20 heavy (non-hydrogen) atoms. The average molecular weight is 293 g/mol. The van der Waals surface area contributed by atoms with Gasteiger partial charge < -0.3 is 15.6 Å². The smallest absolute Gasteiger partial charge is 0.313 e. The molecule has 106 valence electrons. The molecule has 7 heteroatoms. The summed E-state index contributed by atoms with van der Waals surface area (Å²) in [5.74, 6) is -0.300. The van der Waals surface area contributed by atoms with E-state index in [0.717, 1.165) is 10.9 Å². The van der Waals surface area contributed by atoms with Crippen LogP contribution in [-0.2, 0) is 16.0 Å². The van der Waals surface area contributed by atoms with Gasteiger partial charge in [-0.25, -0.2) is 9.97 Å². The number of benzene rings is 1. The lowest BCUT2D eigenvalue weighted by atomic mass is 10.2. The molecule has 6 nitrogen and oxygen atoms in total. The van der Waals surface area contributed by atoms with Gasteiger partial charge in [0.15, 0.2) is 0 Å². The minimum Gasteiger partial charge on any atom is -0.481 e. The molecule has 0 fully saturated rings. The summed E-state index contributed by atoms with van der Waals surface area (Å²) in [5, 5.41) is 10.2. The molecule has 1 aromatic carbocycles. The summed E-state index contributed by atoms with van der Waals surface area (Å²) in [6, 6.07) is 5.34. The Kier molecular flexibility index (Phi) is 4.75. The van der Waals surface area contributed by atoms with Gasteiger partial charge in [-0.1, -0.05) is 11.8 Å². The molecule has 0 atom stereocenters. The topological polar surface area (TPSA) is 98.3 Å². The average Bonchev–Trinajstić information content (AvgIpc) is 2.42. The van der Waals surface area contributed by atoms with Crippen molar-refractivity contribution in [1.29, 1.82) is 0 Å². The fourth-order valence-electron chi connectivity index (χ4n) is 1.71. The number of carboxylic acid groups (broad SMARTS) is 1. The number of carboxylic acids is 1. The fraction of sp³-hybridized carbons (Fsp3) is 0.308.